The molecule has 0 saturated carbocycles. The number of ether oxygens (including phenoxy) is 1. The first-order valence-corrected chi connectivity index (χ1v) is 6.24. The van der Waals surface area contributed by atoms with Crippen LogP contribution in [0.5, 0.6) is 0 Å². The number of hydrogen-bond donors (Lipinski definition) is 2. The van der Waals surface area contributed by atoms with Crippen molar-refractivity contribution in [3.05, 3.63) is 23.3 Å². The highest BCUT2D eigenvalue weighted by atomic mass is 16.5. The van der Waals surface area contributed by atoms with Crippen molar-refractivity contribution in [2.45, 2.75) is 39.2 Å². The van der Waals surface area contributed by atoms with E-state index in [2.05, 4.69) is 5.32 Å². The molecule has 4 nitrogen and oxygen atoms in total. The van der Waals surface area contributed by atoms with Crippen LogP contribution in [0.4, 0.5) is 11.4 Å². The molecule has 0 aromatic heterocycles. The van der Waals surface area contributed by atoms with Crippen LogP contribution in [-0.2, 0) is 9.53 Å². The molecular weight excluding hydrogens is 228 g/mol. The van der Waals surface area contributed by atoms with Crippen LogP contribution in [0, 0.1) is 13.8 Å². The number of amides is 1. The summed E-state index contributed by atoms with van der Waals surface area (Å²) >= 11 is 0. The monoisotopic (exact) mass is 248 g/mol. The summed E-state index contributed by atoms with van der Waals surface area (Å²) in [5.41, 5.74) is 8.58. The van der Waals surface area contributed by atoms with E-state index in [9.17, 15) is 4.79 Å². The minimum atomic E-state index is -0.694. The van der Waals surface area contributed by atoms with Crippen LogP contribution in [0.25, 0.3) is 0 Å². The largest absolute Gasteiger partial charge is 0.399 e. The minimum absolute atomic E-state index is 0.0732. The highest BCUT2D eigenvalue weighted by Crippen LogP contribution is 2.29. The first kappa shape index (κ1) is 12.9. The van der Waals surface area contributed by atoms with Gasteiger partial charge in [-0.25, -0.2) is 0 Å². The van der Waals surface area contributed by atoms with Crippen molar-refractivity contribution in [3.63, 3.8) is 0 Å². The van der Waals surface area contributed by atoms with Crippen LogP contribution >= 0.6 is 0 Å². The van der Waals surface area contributed by atoms with Gasteiger partial charge in [-0.05, 0) is 56.9 Å². The topological polar surface area (TPSA) is 64.3 Å². The van der Waals surface area contributed by atoms with Crippen LogP contribution in [0.15, 0.2) is 12.1 Å². The number of anilines is 2. The van der Waals surface area contributed by atoms with Crippen LogP contribution in [0.2, 0.25) is 0 Å². The number of benzene rings is 1. The van der Waals surface area contributed by atoms with Gasteiger partial charge in [0.25, 0.3) is 5.91 Å². The molecule has 1 aromatic rings. The maximum absolute atomic E-state index is 12.3. The van der Waals surface area contributed by atoms with E-state index >= 15 is 0 Å². The zero-order valence-electron chi connectivity index (χ0n) is 11.2. The smallest absolute Gasteiger partial charge is 0.256 e. The van der Waals surface area contributed by atoms with Gasteiger partial charge in [0.15, 0.2) is 0 Å². The van der Waals surface area contributed by atoms with Crippen LogP contribution in [0.3, 0.4) is 0 Å². The number of carbonyl (C=O) groups is 1. The average Bonchev–Trinajstić information content (AvgIpc) is 2.71. The highest BCUT2D eigenvalue weighted by Gasteiger charge is 2.37. The molecule has 1 fully saturated rings. The number of aryl methyl sites for hydroxylation is 2. The van der Waals surface area contributed by atoms with E-state index in [1.807, 2.05) is 32.9 Å². The first-order valence-electron chi connectivity index (χ1n) is 6.24. The second-order valence-corrected chi connectivity index (χ2v) is 5.17. The van der Waals surface area contributed by atoms with Gasteiger partial charge in [-0.15, -0.1) is 0 Å². The van der Waals surface area contributed by atoms with E-state index in [1.165, 1.54) is 0 Å². The van der Waals surface area contributed by atoms with Crippen LogP contribution < -0.4 is 11.1 Å². The zero-order chi connectivity index (χ0) is 13.3. The molecular formula is C14H20N2O2. The number of carbonyl (C=O) groups excluding carboxylic acids is 1. The van der Waals surface area contributed by atoms with Gasteiger partial charge < -0.3 is 15.8 Å². The molecule has 2 rings (SSSR count). The molecule has 18 heavy (non-hydrogen) atoms. The summed E-state index contributed by atoms with van der Waals surface area (Å²) in [4.78, 5) is 12.3. The molecule has 0 radical (unpaired) electrons. The predicted octanol–water partition coefficient (Wildman–Crippen LogP) is 2.39. The van der Waals surface area contributed by atoms with Gasteiger partial charge in [0.05, 0.1) is 0 Å². The molecule has 1 amide bonds. The highest BCUT2D eigenvalue weighted by molar-refractivity contribution is 5.98. The lowest BCUT2D eigenvalue weighted by Crippen LogP contribution is -2.39. The Kier molecular flexibility index (Phi) is 3.30. The number of nitrogens with one attached hydrogen (secondary N) is 1. The fraction of sp³-hybridized carbons (Fsp3) is 0.500. The molecule has 1 saturated heterocycles. The molecule has 1 aliphatic heterocycles. The Bertz CT molecular complexity index is 454. The summed E-state index contributed by atoms with van der Waals surface area (Å²) in [6.07, 6.45) is 1.70. The number of nitrogen functional groups attached to an aromatic ring is 1. The summed E-state index contributed by atoms with van der Waals surface area (Å²) in [5, 5.41) is 2.97. The Labute approximate surface area is 108 Å². The molecule has 3 N–H and O–H groups in total. The van der Waals surface area contributed by atoms with E-state index in [1.54, 1.807) is 0 Å². The molecule has 0 aliphatic carbocycles. The third kappa shape index (κ3) is 2.34. The second-order valence-electron chi connectivity index (χ2n) is 5.17. The van der Waals surface area contributed by atoms with Gasteiger partial charge in [-0.2, -0.15) is 0 Å². The second kappa shape index (κ2) is 4.61. The third-order valence-corrected chi connectivity index (χ3v) is 3.49. The molecule has 0 spiro atoms. The maximum atomic E-state index is 12.3. The van der Waals surface area contributed by atoms with Gasteiger partial charge in [-0.1, -0.05) is 0 Å². The Morgan fingerprint density at radius 3 is 2.50 bits per heavy atom. The van der Waals surface area contributed by atoms with E-state index in [4.69, 9.17) is 10.5 Å². The number of rotatable bonds is 2. The molecule has 1 unspecified atom stereocenters. The molecule has 1 aromatic carbocycles. The Hall–Kier alpha value is -1.55. The quantitative estimate of drug-likeness (QED) is 0.790. The number of nitrogens with two attached hydrogens (primary N) is 1. The predicted molar refractivity (Wildman–Crippen MR) is 72.5 cm³/mol. The Balaban J connectivity index is 2.22. The molecule has 4 heteroatoms. The van der Waals surface area contributed by atoms with Gasteiger partial charge in [-0.3, -0.25) is 4.79 Å². The Morgan fingerprint density at radius 1 is 1.39 bits per heavy atom. The lowest BCUT2D eigenvalue weighted by molar-refractivity contribution is -0.133. The van der Waals surface area contributed by atoms with E-state index in [0.29, 0.717) is 12.3 Å². The molecule has 98 valence electrons. The average molecular weight is 248 g/mol. The van der Waals surface area contributed by atoms with E-state index < -0.39 is 5.60 Å². The van der Waals surface area contributed by atoms with Crippen molar-refractivity contribution in [2.24, 2.45) is 0 Å². The third-order valence-electron chi connectivity index (χ3n) is 3.49. The van der Waals surface area contributed by atoms with Crippen molar-refractivity contribution in [3.8, 4) is 0 Å². The van der Waals surface area contributed by atoms with E-state index in [-0.39, 0.29) is 5.91 Å². The fourth-order valence-corrected chi connectivity index (χ4v) is 2.40. The lowest BCUT2D eigenvalue weighted by atomic mass is 10.0. The van der Waals surface area contributed by atoms with Gasteiger partial charge in [0.1, 0.15) is 5.60 Å². The molecule has 1 heterocycles. The summed E-state index contributed by atoms with van der Waals surface area (Å²) in [6.45, 7) is 6.38. The Morgan fingerprint density at radius 2 is 2.00 bits per heavy atom. The number of hydrogen-bond acceptors (Lipinski definition) is 3. The van der Waals surface area contributed by atoms with Crippen molar-refractivity contribution < 1.29 is 9.53 Å². The summed E-state index contributed by atoms with van der Waals surface area (Å²) in [7, 11) is 0. The van der Waals surface area contributed by atoms with Crippen molar-refractivity contribution in [2.75, 3.05) is 17.7 Å². The summed E-state index contributed by atoms with van der Waals surface area (Å²) in [6, 6.07) is 3.72. The van der Waals surface area contributed by atoms with Crippen LogP contribution in [0.1, 0.15) is 30.9 Å². The van der Waals surface area contributed by atoms with E-state index in [0.717, 1.165) is 29.7 Å². The normalized spacial score (nSPS) is 23.1. The van der Waals surface area contributed by atoms with Gasteiger partial charge in [0, 0.05) is 18.0 Å². The van der Waals surface area contributed by atoms with Crippen molar-refractivity contribution in [1.29, 1.82) is 0 Å². The standard InChI is InChI=1S/C14H20N2O2/c1-9-7-11(15)8-10(2)12(9)16-13(17)14(3)5-4-6-18-14/h7-8H,4-6,15H2,1-3H3,(H,16,17). The molecule has 1 aliphatic rings. The first-order chi connectivity index (χ1) is 8.42. The summed E-state index contributed by atoms with van der Waals surface area (Å²) < 4.78 is 5.54. The lowest BCUT2D eigenvalue weighted by Gasteiger charge is -2.23. The summed E-state index contributed by atoms with van der Waals surface area (Å²) in [5.74, 6) is -0.0732. The maximum Gasteiger partial charge on any atom is 0.256 e. The van der Waals surface area contributed by atoms with Gasteiger partial charge in [0.2, 0.25) is 0 Å². The molecule has 0 bridgehead atoms. The SMILES string of the molecule is Cc1cc(N)cc(C)c1NC(=O)C1(C)CCCO1. The minimum Gasteiger partial charge on any atom is -0.399 e. The van der Waals surface area contributed by atoms with Gasteiger partial charge >= 0.3 is 0 Å². The fourth-order valence-electron chi connectivity index (χ4n) is 2.40. The van der Waals surface area contributed by atoms with Crippen molar-refractivity contribution in [1.82, 2.24) is 0 Å². The molecule has 1 atom stereocenters. The zero-order valence-corrected chi connectivity index (χ0v) is 11.2. The van der Waals surface area contributed by atoms with Crippen molar-refractivity contribution >= 4 is 17.3 Å². The van der Waals surface area contributed by atoms with Crippen LogP contribution in [-0.4, -0.2) is 18.1 Å².